The summed E-state index contributed by atoms with van der Waals surface area (Å²) in [6.07, 6.45) is 2.90. The number of primary amides is 1. The molecule has 1 heterocycles. The van der Waals surface area contributed by atoms with Crippen molar-refractivity contribution >= 4 is 17.5 Å². The summed E-state index contributed by atoms with van der Waals surface area (Å²) in [6.45, 7) is 2.16. The van der Waals surface area contributed by atoms with E-state index in [0.717, 1.165) is 11.1 Å². The van der Waals surface area contributed by atoms with Crippen LogP contribution in [0.25, 0.3) is 0 Å². The van der Waals surface area contributed by atoms with Gasteiger partial charge in [0.2, 0.25) is 5.91 Å². The molecule has 0 aliphatic rings. The molecule has 0 aliphatic heterocycles. The van der Waals surface area contributed by atoms with Gasteiger partial charge in [-0.05, 0) is 42.3 Å². The molecule has 27 heavy (non-hydrogen) atoms. The van der Waals surface area contributed by atoms with E-state index in [1.54, 1.807) is 12.1 Å². The molecule has 3 aromatic rings. The van der Waals surface area contributed by atoms with Crippen LogP contribution in [-0.2, 0) is 6.61 Å². The number of benzene rings is 2. The molecule has 0 unspecified atom stereocenters. The molecule has 0 radical (unpaired) electrons. The Morgan fingerprint density at radius 2 is 1.89 bits per heavy atom. The summed E-state index contributed by atoms with van der Waals surface area (Å²) >= 11 is 0. The van der Waals surface area contributed by atoms with Gasteiger partial charge in [0.25, 0.3) is 5.91 Å². The third-order valence-corrected chi connectivity index (χ3v) is 3.98. The number of carbonyl (C=O) groups is 2. The zero-order valence-corrected chi connectivity index (χ0v) is 14.8. The number of carbonyl (C=O) groups excluding carboxylic acids is 2. The van der Waals surface area contributed by atoms with Crippen molar-refractivity contribution in [3.8, 4) is 5.75 Å². The second-order valence-electron chi connectivity index (χ2n) is 6.03. The molecule has 2 aromatic carbocycles. The van der Waals surface area contributed by atoms with Gasteiger partial charge >= 0.3 is 0 Å². The van der Waals surface area contributed by atoms with Crippen LogP contribution in [0.2, 0.25) is 0 Å². The number of pyridine rings is 1. The highest BCUT2D eigenvalue weighted by atomic mass is 16.5. The number of hydrogen-bond donors (Lipinski definition) is 2. The fourth-order valence-corrected chi connectivity index (χ4v) is 2.56. The average Bonchev–Trinajstić information content (AvgIpc) is 2.67. The van der Waals surface area contributed by atoms with Crippen molar-refractivity contribution in [3.63, 3.8) is 0 Å². The van der Waals surface area contributed by atoms with E-state index in [1.165, 1.54) is 12.4 Å². The van der Waals surface area contributed by atoms with Crippen LogP contribution in [0.1, 0.15) is 31.8 Å². The van der Waals surface area contributed by atoms with Gasteiger partial charge in [-0.25, -0.2) is 0 Å². The van der Waals surface area contributed by atoms with Gasteiger partial charge < -0.3 is 15.8 Å². The van der Waals surface area contributed by atoms with E-state index < -0.39 is 5.91 Å². The summed E-state index contributed by atoms with van der Waals surface area (Å²) in [4.78, 5) is 27.6. The van der Waals surface area contributed by atoms with E-state index in [-0.39, 0.29) is 18.1 Å². The van der Waals surface area contributed by atoms with E-state index in [4.69, 9.17) is 10.5 Å². The van der Waals surface area contributed by atoms with Gasteiger partial charge in [0.15, 0.2) is 0 Å². The highest BCUT2D eigenvalue weighted by molar-refractivity contribution is 6.05. The predicted octanol–water partition coefficient (Wildman–Crippen LogP) is 3.32. The number of nitrogens with one attached hydrogen (secondary N) is 1. The molecule has 0 spiro atoms. The molecular weight excluding hydrogens is 342 g/mol. The topological polar surface area (TPSA) is 94.3 Å². The lowest BCUT2D eigenvalue weighted by Crippen LogP contribution is -2.13. The van der Waals surface area contributed by atoms with Crippen molar-refractivity contribution in [2.75, 3.05) is 5.32 Å². The summed E-state index contributed by atoms with van der Waals surface area (Å²) in [7, 11) is 0. The predicted molar refractivity (Wildman–Crippen MR) is 103 cm³/mol. The molecule has 0 saturated heterocycles. The molecule has 0 fully saturated rings. The number of aryl methyl sites for hydroxylation is 1. The second kappa shape index (κ2) is 8.14. The number of rotatable bonds is 6. The summed E-state index contributed by atoms with van der Waals surface area (Å²) in [5.41, 5.74) is 8.61. The average molecular weight is 361 g/mol. The fraction of sp³-hybridized carbons (Fsp3) is 0.0952. The molecule has 136 valence electrons. The Morgan fingerprint density at radius 1 is 1.07 bits per heavy atom. The molecule has 2 amide bonds. The lowest BCUT2D eigenvalue weighted by molar-refractivity contribution is 0.0996. The van der Waals surface area contributed by atoms with E-state index in [2.05, 4.69) is 10.3 Å². The maximum atomic E-state index is 12.4. The van der Waals surface area contributed by atoms with Gasteiger partial charge in [0, 0.05) is 17.4 Å². The molecule has 6 heteroatoms. The zero-order valence-electron chi connectivity index (χ0n) is 14.8. The Labute approximate surface area is 157 Å². The fourth-order valence-electron chi connectivity index (χ4n) is 2.56. The van der Waals surface area contributed by atoms with Crippen molar-refractivity contribution in [1.82, 2.24) is 4.98 Å². The molecule has 0 bridgehead atoms. The quantitative estimate of drug-likeness (QED) is 0.704. The standard InChI is InChI=1S/C21H19N3O3/c1-14-5-2-3-8-19(14)21(26)24-17-7-4-6-15(9-17)13-27-18-10-16(20(22)25)11-23-12-18/h2-12H,13H2,1H3,(H2,22,25)(H,24,26). The van der Waals surface area contributed by atoms with Crippen LogP contribution >= 0.6 is 0 Å². The van der Waals surface area contributed by atoms with Crippen molar-refractivity contribution < 1.29 is 14.3 Å². The number of hydrogen-bond acceptors (Lipinski definition) is 4. The van der Waals surface area contributed by atoms with Gasteiger partial charge in [-0.2, -0.15) is 0 Å². The van der Waals surface area contributed by atoms with Gasteiger partial charge in [-0.15, -0.1) is 0 Å². The molecule has 0 saturated carbocycles. The Bertz CT molecular complexity index is 986. The molecule has 3 N–H and O–H groups in total. The van der Waals surface area contributed by atoms with Crippen molar-refractivity contribution in [2.24, 2.45) is 5.73 Å². The summed E-state index contributed by atoms with van der Waals surface area (Å²) in [6, 6.07) is 16.3. The first-order chi connectivity index (χ1) is 13.0. The Hall–Kier alpha value is -3.67. The molecule has 3 rings (SSSR count). The van der Waals surface area contributed by atoms with Gasteiger partial charge in [-0.1, -0.05) is 30.3 Å². The zero-order chi connectivity index (χ0) is 19.2. The van der Waals surface area contributed by atoms with E-state index >= 15 is 0 Å². The van der Waals surface area contributed by atoms with Crippen LogP contribution in [0, 0.1) is 6.92 Å². The van der Waals surface area contributed by atoms with Gasteiger partial charge in [-0.3, -0.25) is 14.6 Å². The molecule has 0 aliphatic carbocycles. The van der Waals surface area contributed by atoms with E-state index in [0.29, 0.717) is 17.0 Å². The number of nitrogens with two attached hydrogens (primary N) is 1. The molecular formula is C21H19N3O3. The van der Waals surface area contributed by atoms with E-state index in [9.17, 15) is 9.59 Å². The highest BCUT2D eigenvalue weighted by Gasteiger charge is 2.09. The Morgan fingerprint density at radius 3 is 2.67 bits per heavy atom. The smallest absolute Gasteiger partial charge is 0.255 e. The van der Waals surface area contributed by atoms with Crippen LogP contribution in [-0.4, -0.2) is 16.8 Å². The number of aromatic nitrogens is 1. The Balaban J connectivity index is 1.67. The largest absolute Gasteiger partial charge is 0.487 e. The number of anilines is 1. The third-order valence-electron chi connectivity index (χ3n) is 3.98. The second-order valence-corrected chi connectivity index (χ2v) is 6.03. The molecule has 0 atom stereocenters. The maximum Gasteiger partial charge on any atom is 0.255 e. The molecule has 1 aromatic heterocycles. The van der Waals surface area contributed by atoms with Crippen molar-refractivity contribution in [3.05, 3.63) is 89.2 Å². The summed E-state index contributed by atoms with van der Waals surface area (Å²) in [5.74, 6) is -0.279. The SMILES string of the molecule is Cc1ccccc1C(=O)Nc1cccc(COc2cncc(C(N)=O)c2)c1. The van der Waals surface area contributed by atoms with Crippen molar-refractivity contribution in [1.29, 1.82) is 0 Å². The first kappa shape index (κ1) is 18.1. The lowest BCUT2D eigenvalue weighted by Gasteiger charge is -2.10. The first-order valence-corrected chi connectivity index (χ1v) is 8.36. The van der Waals surface area contributed by atoms with Gasteiger partial charge in [0.1, 0.15) is 12.4 Å². The van der Waals surface area contributed by atoms with Crippen molar-refractivity contribution in [2.45, 2.75) is 13.5 Å². The minimum atomic E-state index is -0.561. The monoisotopic (exact) mass is 361 g/mol. The normalized spacial score (nSPS) is 10.3. The highest BCUT2D eigenvalue weighted by Crippen LogP contribution is 2.17. The first-order valence-electron chi connectivity index (χ1n) is 8.36. The lowest BCUT2D eigenvalue weighted by atomic mass is 10.1. The molecule has 6 nitrogen and oxygen atoms in total. The Kier molecular flexibility index (Phi) is 5.47. The minimum absolute atomic E-state index is 0.162. The number of nitrogens with zero attached hydrogens (tertiary/aromatic N) is 1. The summed E-state index contributed by atoms with van der Waals surface area (Å²) < 4.78 is 5.66. The number of amides is 2. The van der Waals surface area contributed by atoms with Gasteiger partial charge in [0.05, 0.1) is 11.8 Å². The minimum Gasteiger partial charge on any atom is -0.487 e. The maximum absolute atomic E-state index is 12.4. The third kappa shape index (κ3) is 4.70. The van der Waals surface area contributed by atoms with E-state index in [1.807, 2.05) is 49.4 Å². The summed E-state index contributed by atoms with van der Waals surface area (Å²) in [5, 5.41) is 2.89. The van der Waals surface area contributed by atoms with Crippen LogP contribution in [0.4, 0.5) is 5.69 Å². The van der Waals surface area contributed by atoms with Crippen LogP contribution in [0.15, 0.2) is 67.0 Å². The number of ether oxygens (including phenoxy) is 1. The van der Waals surface area contributed by atoms with Crippen LogP contribution < -0.4 is 15.8 Å². The van der Waals surface area contributed by atoms with Crippen LogP contribution in [0.5, 0.6) is 5.75 Å². The van der Waals surface area contributed by atoms with Crippen LogP contribution in [0.3, 0.4) is 0 Å².